The standard InChI is InChI=1S/C36H50O3/c1-9-11-30(31(10-2)34(38)17-25(7)37)18-28-19-33-32(22(3)4)21-29(26(8)36(33)35(39)20-28)15-14-27-13-12-23(5)24(6)16-27/h12-13,16,21-22,28,30-31H,9-11,14-15,17-20H2,1-8H3. The van der Waals surface area contributed by atoms with Gasteiger partial charge in [0, 0.05) is 17.9 Å². The third-order valence-electron chi connectivity index (χ3n) is 9.10. The van der Waals surface area contributed by atoms with Gasteiger partial charge in [0.05, 0.1) is 6.42 Å². The zero-order valence-electron chi connectivity index (χ0n) is 25.7. The molecule has 0 aromatic heterocycles. The van der Waals surface area contributed by atoms with Gasteiger partial charge in [-0.25, -0.2) is 0 Å². The molecule has 0 radical (unpaired) electrons. The average Bonchev–Trinajstić information content (AvgIpc) is 2.85. The molecule has 2 aromatic rings. The van der Waals surface area contributed by atoms with E-state index in [1.807, 2.05) is 0 Å². The number of Topliss-reactive ketones (excluding diaryl/α,β-unsaturated/α-hetero) is 3. The summed E-state index contributed by atoms with van der Waals surface area (Å²) in [4.78, 5) is 38.4. The fourth-order valence-electron chi connectivity index (χ4n) is 6.90. The average molecular weight is 531 g/mol. The van der Waals surface area contributed by atoms with Gasteiger partial charge in [-0.1, -0.05) is 64.8 Å². The fourth-order valence-corrected chi connectivity index (χ4v) is 6.90. The van der Waals surface area contributed by atoms with Gasteiger partial charge in [0.15, 0.2) is 5.78 Å². The van der Waals surface area contributed by atoms with Crippen molar-refractivity contribution in [2.75, 3.05) is 0 Å². The van der Waals surface area contributed by atoms with Crippen LogP contribution in [0.1, 0.15) is 128 Å². The molecule has 0 amide bonds. The van der Waals surface area contributed by atoms with Crippen molar-refractivity contribution < 1.29 is 14.4 Å². The molecule has 3 unspecified atom stereocenters. The van der Waals surface area contributed by atoms with Gasteiger partial charge in [-0.05, 0) is 116 Å². The van der Waals surface area contributed by atoms with Crippen molar-refractivity contribution in [3.63, 3.8) is 0 Å². The molecule has 39 heavy (non-hydrogen) atoms. The minimum atomic E-state index is -0.0931. The van der Waals surface area contributed by atoms with Crippen LogP contribution >= 0.6 is 0 Å². The van der Waals surface area contributed by atoms with Gasteiger partial charge in [0.25, 0.3) is 0 Å². The van der Waals surface area contributed by atoms with E-state index in [4.69, 9.17) is 0 Å². The Morgan fingerprint density at radius 1 is 0.974 bits per heavy atom. The lowest BCUT2D eigenvalue weighted by atomic mass is 9.70. The number of hydrogen-bond donors (Lipinski definition) is 0. The molecule has 0 N–H and O–H groups in total. The van der Waals surface area contributed by atoms with E-state index in [1.165, 1.54) is 40.3 Å². The van der Waals surface area contributed by atoms with Gasteiger partial charge < -0.3 is 0 Å². The summed E-state index contributed by atoms with van der Waals surface area (Å²) in [5.74, 6) is 1.03. The second-order valence-electron chi connectivity index (χ2n) is 12.5. The van der Waals surface area contributed by atoms with Gasteiger partial charge in [0.1, 0.15) is 11.6 Å². The van der Waals surface area contributed by atoms with Gasteiger partial charge >= 0.3 is 0 Å². The van der Waals surface area contributed by atoms with Crippen LogP contribution in [0.3, 0.4) is 0 Å². The topological polar surface area (TPSA) is 51.2 Å². The molecule has 1 aliphatic rings. The fraction of sp³-hybridized carbons (Fsp3) is 0.583. The largest absolute Gasteiger partial charge is 0.300 e. The molecule has 1 aliphatic carbocycles. The van der Waals surface area contributed by atoms with E-state index in [2.05, 4.69) is 72.7 Å². The van der Waals surface area contributed by atoms with Crippen LogP contribution < -0.4 is 0 Å². The van der Waals surface area contributed by atoms with Gasteiger partial charge in [-0.15, -0.1) is 0 Å². The third-order valence-corrected chi connectivity index (χ3v) is 9.10. The Kier molecular flexibility index (Phi) is 10.9. The van der Waals surface area contributed by atoms with E-state index < -0.39 is 0 Å². The predicted octanol–water partition coefficient (Wildman–Crippen LogP) is 8.65. The number of ketones is 3. The first-order valence-corrected chi connectivity index (χ1v) is 15.2. The van der Waals surface area contributed by atoms with Crippen LogP contribution in [-0.2, 0) is 28.9 Å². The van der Waals surface area contributed by atoms with E-state index in [1.54, 1.807) is 0 Å². The van der Waals surface area contributed by atoms with E-state index in [9.17, 15) is 14.4 Å². The van der Waals surface area contributed by atoms with E-state index in [-0.39, 0.29) is 41.5 Å². The Bertz CT molecular complexity index is 1200. The highest BCUT2D eigenvalue weighted by atomic mass is 16.1. The monoisotopic (exact) mass is 530 g/mol. The Hall–Kier alpha value is -2.55. The molecule has 3 nitrogen and oxygen atoms in total. The number of carbonyl (C=O) groups excluding carboxylic acids is 3. The molecule has 3 rings (SSSR count). The maximum absolute atomic E-state index is 13.7. The first-order valence-electron chi connectivity index (χ1n) is 15.2. The van der Waals surface area contributed by atoms with Crippen LogP contribution in [0.5, 0.6) is 0 Å². The Balaban J connectivity index is 1.88. The maximum Gasteiger partial charge on any atom is 0.163 e. The lowest BCUT2D eigenvalue weighted by Gasteiger charge is -2.33. The Morgan fingerprint density at radius 2 is 1.69 bits per heavy atom. The summed E-state index contributed by atoms with van der Waals surface area (Å²) in [5, 5.41) is 0. The first-order chi connectivity index (χ1) is 18.5. The van der Waals surface area contributed by atoms with Crippen LogP contribution in [-0.4, -0.2) is 17.3 Å². The molecule has 3 heteroatoms. The molecule has 212 valence electrons. The predicted molar refractivity (Wildman–Crippen MR) is 162 cm³/mol. The number of carbonyl (C=O) groups is 3. The lowest BCUT2D eigenvalue weighted by Crippen LogP contribution is -2.30. The Labute approximate surface area is 237 Å². The van der Waals surface area contributed by atoms with Crippen LogP contribution in [0.25, 0.3) is 0 Å². The summed E-state index contributed by atoms with van der Waals surface area (Å²) in [6, 6.07) is 9.10. The first kappa shape index (κ1) is 31.0. The van der Waals surface area contributed by atoms with Gasteiger partial charge in [-0.2, -0.15) is 0 Å². The molecule has 0 heterocycles. The highest BCUT2D eigenvalue weighted by Gasteiger charge is 2.34. The lowest BCUT2D eigenvalue weighted by molar-refractivity contribution is -0.129. The molecule has 0 fully saturated rings. The van der Waals surface area contributed by atoms with Crippen LogP contribution in [0.15, 0.2) is 24.3 Å². The zero-order valence-corrected chi connectivity index (χ0v) is 25.7. The molecular formula is C36H50O3. The maximum atomic E-state index is 13.7. The molecular weight excluding hydrogens is 480 g/mol. The van der Waals surface area contributed by atoms with Crippen molar-refractivity contribution in [3.8, 4) is 0 Å². The van der Waals surface area contributed by atoms with Crippen molar-refractivity contribution >= 4 is 17.3 Å². The summed E-state index contributed by atoms with van der Waals surface area (Å²) >= 11 is 0. The van der Waals surface area contributed by atoms with E-state index >= 15 is 0 Å². The number of benzene rings is 2. The SMILES string of the molecule is CCCC(CC1CC(=O)c2c(C)c(CCc3ccc(C)c(C)c3)cc(C(C)C)c2C1)C(CC)C(=O)CC(C)=O. The van der Waals surface area contributed by atoms with Gasteiger partial charge in [0.2, 0.25) is 0 Å². The minimum Gasteiger partial charge on any atom is -0.300 e. The molecule has 0 aliphatic heterocycles. The highest BCUT2D eigenvalue weighted by molar-refractivity contribution is 6.01. The summed E-state index contributed by atoms with van der Waals surface area (Å²) in [6.07, 6.45) is 7.02. The van der Waals surface area contributed by atoms with Crippen molar-refractivity contribution in [3.05, 3.63) is 68.8 Å². The number of hydrogen-bond acceptors (Lipinski definition) is 3. The summed E-state index contributed by atoms with van der Waals surface area (Å²) in [7, 11) is 0. The van der Waals surface area contributed by atoms with E-state index in [0.717, 1.165) is 56.1 Å². The van der Waals surface area contributed by atoms with Crippen LogP contribution in [0, 0.1) is 38.5 Å². The Morgan fingerprint density at radius 3 is 2.28 bits per heavy atom. The second kappa shape index (κ2) is 13.7. The highest BCUT2D eigenvalue weighted by Crippen LogP contribution is 2.40. The van der Waals surface area contributed by atoms with Crippen molar-refractivity contribution in [1.29, 1.82) is 0 Å². The molecule has 3 atom stereocenters. The van der Waals surface area contributed by atoms with Crippen molar-refractivity contribution in [1.82, 2.24) is 0 Å². The molecule has 0 saturated carbocycles. The van der Waals surface area contributed by atoms with Crippen molar-refractivity contribution in [2.45, 2.75) is 119 Å². The number of rotatable bonds is 13. The second-order valence-corrected chi connectivity index (χ2v) is 12.5. The molecule has 0 spiro atoms. The van der Waals surface area contributed by atoms with Crippen molar-refractivity contribution in [2.24, 2.45) is 17.8 Å². The third kappa shape index (κ3) is 7.56. The summed E-state index contributed by atoms with van der Waals surface area (Å²) < 4.78 is 0. The molecule has 2 aromatic carbocycles. The molecule has 0 saturated heterocycles. The number of fused-ring (bicyclic) bond motifs is 1. The minimum absolute atomic E-state index is 0.0345. The number of aryl methyl sites for hydroxylation is 4. The van der Waals surface area contributed by atoms with Gasteiger partial charge in [-0.3, -0.25) is 14.4 Å². The molecule has 0 bridgehead atoms. The van der Waals surface area contributed by atoms with E-state index in [0.29, 0.717) is 12.3 Å². The van der Waals surface area contributed by atoms with Crippen LogP contribution in [0.2, 0.25) is 0 Å². The van der Waals surface area contributed by atoms with Crippen LogP contribution in [0.4, 0.5) is 0 Å². The smallest absolute Gasteiger partial charge is 0.163 e. The zero-order chi connectivity index (χ0) is 28.9. The normalized spacial score (nSPS) is 16.7. The quantitative estimate of drug-likeness (QED) is 0.244. The summed E-state index contributed by atoms with van der Waals surface area (Å²) in [6.45, 7) is 16.7. The summed E-state index contributed by atoms with van der Waals surface area (Å²) in [5.41, 5.74) is 9.99.